The van der Waals surface area contributed by atoms with E-state index >= 15 is 0 Å². The summed E-state index contributed by atoms with van der Waals surface area (Å²) in [5.41, 5.74) is 1.99. The summed E-state index contributed by atoms with van der Waals surface area (Å²) in [5.74, 6) is 0.871. The van der Waals surface area contributed by atoms with Crippen molar-refractivity contribution in [2.45, 2.75) is 0 Å². The Morgan fingerprint density at radius 3 is 2.50 bits per heavy atom. The van der Waals surface area contributed by atoms with Crippen LogP contribution >= 0.6 is 0 Å². The van der Waals surface area contributed by atoms with Gasteiger partial charge in [0.05, 0.1) is 18.7 Å². The zero-order valence-electron chi connectivity index (χ0n) is 13.9. The molecule has 26 heavy (non-hydrogen) atoms. The van der Waals surface area contributed by atoms with Crippen LogP contribution in [0.15, 0.2) is 60.7 Å². The molecule has 0 fully saturated rings. The highest BCUT2D eigenvalue weighted by Gasteiger charge is 2.09. The highest BCUT2D eigenvalue weighted by atomic mass is 16.5. The molecule has 1 heterocycles. The second kappa shape index (κ2) is 7.77. The maximum absolute atomic E-state index is 12.2. The van der Waals surface area contributed by atoms with E-state index in [0.29, 0.717) is 17.1 Å². The van der Waals surface area contributed by atoms with Gasteiger partial charge in [-0.3, -0.25) is 4.79 Å². The number of nitriles is 1. The maximum Gasteiger partial charge on any atom is 0.276 e. The molecule has 7 heteroatoms. The van der Waals surface area contributed by atoms with Gasteiger partial charge in [-0.05, 0) is 54.6 Å². The lowest BCUT2D eigenvalue weighted by atomic mass is 10.2. The van der Waals surface area contributed by atoms with Gasteiger partial charge < -0.3 is 15.4 Å². The van der Waals surface area contributed by atoms with Crippen molar-refractivity contribution in [2.75, 3.05) is 17.7 Å². The standard InChI is InChI=1S/C19H15N5O2/c1-26-16-7-5-14(6-8-16)21-18-10-9-17(23-24-18)19(25)22-15-4-2-3-13(11-15)12-20/h2-11H,1H3,(H,21,24)(H,22,25). The minimum atomic E-state index is -0.399. The number of benzene rings is 2. The summed E-state index contributed by atoms with van der Waals surface area (Å²) in [4.78, 5) is 12.2. The van der Waals surface area contributed by atoms with Crippen LogP contribution in [0.25, 0.3) is 0 Å². The lowest BCUT2D eigenvalue weighted by Gasteiger charge is -2.07. The number of rotatable bonds is 5. The molecule has 0 spiro atoms. The number of aromatic nitrogens is 2. The summed E-state index contributed by atoms with van der Waals surface area (Å²) in [5, 5.41) is 22.6. The van der Waals surface area contributed by atoms with Crippen molar-refractivity contribution in [3.05, 3.63) is 71.9 Å². The molecular formula is C19H15N5O2. The smallest absolute Gasteiger partial charge is 0.276 e. The second-order valence-electron chi connectivity index (χ2n) is 5.30. The van der Waals surface area contributed by atoms with Crippen molar-refractivity contribution < 1.29 is 9.53 Å². The zero-order chi connectivity index (χ0) is 18.4. The molecule has 0 saturated carbocycles. The van der Waals surface area contributed by atoms with Gasteiger partial charge >= 0.3 is 0 Å². The first kappa shape index (κ1) is 16.9. The summed E-state index contributed by atoms with van der Waals surface area (Å²) < 4.78 is 5.11. The molecule has 0 aliphatic rings. The van der Waals surface area contributed by atoms with Crippen molar-refractivity contribution in [3.8, 4) is 11.8 Å². The number of hydrogen-bond donors (Lipinski definition) is 2. The first-order valence-corrected chi connectivity index (χ1v) is 7.74. The molecule has 3 rings (SSSR count). The summed E-state index contributed by atoms with van der Waals surface area (Å²) in [7, 11) is 1.61. The van der Waals surface area contributed by atoms with Crippen molar-refractivity contribution in [1.29, 1.82) is 5.26 Å². The Morgan fingerprint density at radius 1 is 1.04 bits per heavy atom. The van der Waals surface area contributed by atoms with Crippen LogP contribution < -0.4 is 15.4 Å². The van der Waals surface area contributed by atoms with E-state index in [0.717, 1.165) is 11.4 Å². The number of ether oxygens (including phenoxy) is 1. The van der Waals surface area contributed by atoms with Gasteiger partial charge in [0.1, 0.15) is 5.75 Å². The van der Waals surface area contributed by atoms with Crippen LogP contribution in [0.1, 0.15) is 16.1 Å². The molecule has 7 nitrogen and oxygen atoms in total. The maximum atomic E-state index is 12.2. The minimum Gasteiger partial charge on any atom is -0.497 e. The molecule has 0 radical (unpaired) electrons. The largest absolute Gasteiger partial charge is 0.497 e. The summed E-state index contributed by atoms with van der Waals surface area (Å²) in [6, 6.07) is 19.3. The minimum absolute atomic E-state index is 0.174. The molecule has 0 saturated heterocycles. The number of carbonyl (C=O) groups excluding carboxylic acids is 1. The van der Waals surface area contributed by atoms with Crippen LogP contribution in [-0.4, -0.2) is 23.2 Å². The van der Waals surface area contributed by atoms with Crippen molar-refractivity contribution in [2.24, 2.45) is 0 Å². The number of carbonyl (C=O) groups is 1. The summed E-state index contributed by atoms with van der Waals surface area (Å²) in [6.45, 7) is 0. The first-order valence-electron chi connectivity index (χ1n) is 7.74. The number of anilines is 3. The molecule has 1 amide bonds. The van der Waals surface area contributed by atoms with Crippen molar-refractivity contribution >= 4 is 23.1 Å². The molecule has 2 N–H and O–H groups in total. The van der Waals surface area contributed by atoms with Gasteiger partial charge in [0.15, 0.2) is 11.5 Å². The highest BCUT2D eigenvalue weighted by Crippen LogP contribution is 2.18. The van der Waals surface area contributed by atoms with Gasteiger partial charge in [-0.1, -0.05) is 6.07 Å². The van der Waals surface area contributed by atoms with Crippen LogP contribution in [0.2, 0.25) is 0 Å². The lowest BCUT2D eigenvalue weighted by molar-refractivity contribution is 0.102. The van der Waals surface area contributed by atoms with Gasteiger partial charge in [0.2, 0.25) is 0 Å². The third-order valence-electron chi connectivity index (χ3n) is 3.51. The van der Waals surface area contributed by atoms with Gasteiger partial charge in [-0.2, -0.15) is 5.26 Å². The quantitative estimate of drug-likeness (QED) is 0.735. The summed E-state index contributed by atoms with van der Waals surface area (Å²) >= 11 is 0. The van der Waals surface area contributed by atoms with Crippen molar-refractivity contribution in [1.82, 2.24) is 10.2 Å². The van der Waals surface area contributed by atoms with Crippen LogP contribution in [0.3, 0.4) is 0 Å². The average molecular weight is 345 g/mol. The van der Waals surface area contributed by atoms with E-state index in [1.165, 1.54) is 0 Å². The van der Waals surface area contributed by atoms with Crippen LogP contribution in [-0.2, 0) is 0 Å². The monoisotopic (exact) mass is 345 g/mol. The fraction of sp³-hybridized carbons (Fsp3) is 0.0526. The molecule has 3 aromatic rings. The Kier molecular flexibility index (Phi) is 5.05. The summed E-state index contributed by atoms with van der Waals surface area (Å²) in [6.07, 6.45) is 0. The average Bonchev–Trinajstić information content (AvgIpc) is 2.69. The predicted molar refractivity (Wildman–Crippen MR) is 97.4 cm³/mol. The zero-order valence-corrected chi connectivity index (χ0v) is 13.9. The van der Waals surface area contributed by atoms with Gasteiger partial charge in [-0.25, -0.2) is 0 Å². The molecule has 0 aliphatic heterocycles. The Morgan fingerprint density at radius 2 is 1.85 bits per heavy atom. The van der Waals surface area contributed by atoms with E-state index < -0.39 is 5.91 Å². The van der Waals surface area contributed by atoms with E-state index in [2.05, 4.69) is 20.8 Å². The Balaban J connectivity index is 1.66. The Labute approximate surface area is 150 Å². The number of amides is 1. The van der Waals surface area contributed by atoms with E-state index in [9.17, 15) is 4.79 Å². The molecule has 128 valence electrons. The Hall–Kier alpha value is -3.92. The van der Waals surface area contributed by atoms with Gasteiger partial charge in [-0.15, -0.1) is 10.2 Å². The SMILES string of the molecule is COc1ccc(Nc2ccc(C(=O)Nc3cccc(C#N)c3)nn2)cc1. The fourth-order valence-corrected chi connectivity index (χ4v) is 2.20. The first-order chi connectivity index (χ1) is 12.7. The third-order valence-corrected chi connectivity index (χ3v) is 3.51. The van der Waals surface area contributed by atoms with E-state index in [1.807, 2.05) is 30.3 Å². The van der Waals surface area contributed by atoms with Crippen LogP contribution in [0.4, 0.5) is 17.2 Å². The molecule has 1 aromatic heterocycles. The second-order valence-corrected chi connectivity index (χ2v) is 5.30. The molecule has 2 aromatic carbocycles. The Bertz CT molecular complexity index is 947. The van der Waals surface area contributed by atoms with E-state index in [-0.39, 0.29) is 5.69 Å². The number of nitrogens with one attached hydrogen (secondary N) is 2. The van der Waals surface area contributed by atoms with Crippen LogP contribution in [0, 0.1) is 11.3 Å². The predicted octanol–water partition coefficient (Wildman–Crippen LogP) is 3.35. The van der Waals surface area contributed by atoms with Crippen LogP contribution in [0.5, 0.6) is 5.75 Å². The number of methoxy groups -OCH3 is 1. The lowest BCUT2D eigenvalue weighted by Crippen LogP contribution is -2.14. The normalized spacial score (nSPS) is 9.85. The van der Waals surface area contributed by atoms with E-state index in [4.69, 9.17) is 10.00 Å². The molecular weight excluding hydrogens is 330 g/mol. The molecule has 0 atom stereocenters. The van der Waals surface area contributed by atoms with Crippen molar-refractivity contribution in [3.63, 3.8) is 0 Å². The fourth-order valence-electron chi connectivity index (χ4n) is 2.20. The highest BCUT2D eigenvalue weighted by molar-refractivity contribution is 6.02. The van der Waals surface area contributed by atoms with E-state index in [1.54, 1.807) is 43.5 Å². The molecule has 0 unspecified atom stereocenters. The molecule has 0 aliphatic carbocycles. The van der Waals surface area contributed by atoms with Gasteiger partial charge in [0.25, 0.3) is 5.91 Å². The number of nitrogens with zero attached hydrogens (tertiary/aromatic N) is 3. The third kappa shape index (κ3) is 4.13. The number of hydrogen-bond acceptors (Lipinski definition) is 6. The topological polar surface area (TPSA) is 99.9 Å². The van der Waals surface area contributed by atoms with Gasteiger partial charge in [0, 0.05) is 11.4 Å². The molecule has 0 bridgehead atoms.